The summed E-state index contributed by atoms with van der Waals surface area (Å²) < 4.78 is 12.1. The summed E-state index contributed by atoms with van der Waals surface area (Å²) in [5, 5.41) is 4.94. The molecule has 1 aliphatic rings. The molecule has 140 valence electrons. The molecule has 7 heteroatoms. The van der Waals surface area contributed by atoms with Crippen LogP contribution in [-0.2, 0) is 6.42 Å². The van der Waals surface area contributed by atoms with E-state index in [2.05, 4.69) is 5.32 Å². The van der Waals surface area contributed by atoms with Gasteiger partial charge in [0.15, 0.2) is 11.5 Å². The molecule has 4 nitrogen and oxygen atoms in total. The third-order valence-electron chi connectivity index (χ3n) is 4.43. The number of rotatable bonds is 4. The molecule has 0 unspecified atom stereocenters. The zero-order valence-corrected chi connectivity index (χ0v) is 16.9. The molecular formula is C20H17Cl2NO3S. The van der Waals surface area contributed by atoms with E-state index in [-0.39, 0.29) is 5.91 Å². The van der Waals surface area contributed by atoms with E-state index in [4.69, 9.17) is 32.7 Å². The van der Waals surface area contributed by atoms with Crippen molar-refractivity contribution >= 4 is 50.5 Å². The lowest BCUT2D eigenvalue weighted by atomic mass is 10.1. The second-order valence-electron chi connectivity index (χ2n) is 6.30. The summed E-state index contributed by atoms with van der Waals surface area (Å²) in [6.07, 6.45) is 0.629. The number of thiophene rings is 1. The van der Waals surface area contributed by atoms with E-state index in [1.807, 2.05) is 37.3 Å². The maximum Gasteiger partial charge on any atom is 0.262 e. The van der Waals surface area contributed by atoms with Crippen molar-refractivity contribution in [2.45, 2.75) is 13.3 Å². The van der Waals surface area contributed by atoms with Gasteiger partial charge in [0.1, 0.15) is 18.1 Å². The lowest BCUT2D eigenvalue weighted by Gasteiger charge is -2.20. The molecule has 0 atom stereocenters. The van der Waals surface area contributed by atoms with E-state index in [0.29, 0.717) is 52.6 Å². The number of benzene rings is 2. The number of fused-ring (bicyclic) bond motifs is 2. The van der Waals surface area contributed by atoms with Crippen molar-refractivity contribution in [3.05, 3.63) is 56.4 Å². The fraction of sp³-hybridized carbons (Fsp3) is 0.250. The molecule has 27 heavy (non-hydrogen) atoms. The first kappa shape index (κ1) is 18.4. The number of ether oxygens (including phenoxy) is 2. The summed E-state index contributed by atoms with van der Waals surface area (Å²) >= 11 is 14.1. The van der Waals surface area contributed by atoms with E-state index in [9.17, 15) is 4.79 Å². The Kier molecular flexibility index (Phi) is 5.17. The van der Waals surface area contributed by atoms with Crippen molar-refractivity contribution in [2.75, 3.05) is 19.8 Å². The topological polar surface area (TPSA) is 47.6 Å². The highest BCUT2D eigenvalue weighted by molar-refractivity contribution is 7.21. The highest BCUT2D eigenvalue weighted by Gasteiger charge is 2.19. The zero-order valence-electron chi connectivity index (χ0n) is 14.6. The highest BCUT2D eigenvalue weighted by Crippen LogP contribution is 2.39. The second kappa shape index (κ2) is 7.58. The number of hydrogen-bond acceptors (Lipinski definition) is 4. The van der Waals surface area contributed by atoms with Crippen molar-refractivity contribution in [1.29, 1.82) is 0 Å². The van der Waals surface area contributed by atoms with Gasteiger partial charge in [-0.25, -0.2) is 0 Å². The van der Waals surface area contributed by atoms with Crippen molar-refractivity contribution in [3.8, 4) is 11.5 Å². The Labute approximate surface area is 171 Å². The monoisotopic (exact) mass is 421 g/mol. The summed E-state index contributed by atoms with van der Waals surface area (Å²) in [6, 6.07) is 9.69. The van der Waals surface area contributed by atoms with Gasteiger partial charge in [-0.1, -0.05) is 35.3 Å². The number of amides is 1. The molecule has 0 spiro atoms. The first-order valence-corrected chi connectivity index (χ1v) is 10.2. The van der Waals surface area contributed by atoms with Gasteiger partial charge in [0.05, 0.1) is 10.0 Å². The lowest BCUT2D eigenvalue weighted by molar-refractivity contribution is 0.0958. The van der Waals surface area contributed by atoms with Gasteiger partial charge in [0.25, 0.3) is 5.91 Å². The summed E-state index contributed by atoms with van der Waals surface area (Å²) in [4.78, 5) is 13.1. The third-order valence-corrected chi connectivity index (χ3v) is 6.35. The molecule has 1 aromatic heterocycles. The van der Waals surface area contributed by atoms with Gasteiger partial charge in [0.2, 0.25) is 0 Å². The van der Waals surface area contributed by atoms with Crippen molar-refractivity contribution < 1.29 is 14.3 Å². The normalized spacial score (nSPS) is 13.0. The van der Waals surface area contributed by atoms with Crippen molar-refractivity contribution in [2.24, 2.45) is 0 Å². The Balaban J connectivity index is 1.45. The predicted molar refractivity (Wildman–Crippen MR) is 110 cm³/mol. The van der Waals surface area contributed by atoms with Crippen LogP contribution in [0.4, 0.5) is 0 Å². The van der Waals surface area contributed by atoms with Crippen LogP contribution < -0.4 is 14.8 Å². The predicted octanol–water partition coefficient (Wildman–Crippen LogP) is 5.26. The Morgan fingerprint density at radius 1 is 1.22 bits per heavy atom. The Morgan fingerprint density at radius 3 is 2.85 bits per heavy atom. The van der Waals surface area contributed by atoms with Gasteiger partial charge in [-0.2, -0.15) is 0 Å². The molecule has 0 bridgehead atoms. The Hall–Kier alpha value is -1.95. The van der Waals surface area contributed by atoms with Gasteiger partial charge in [-0.15, -0.1) is 11.3 Å². The molecule has 2 heterocycles. The fourth-order valence-electron chi connectivity index (χ4n) is 3.13. The maximum atomic E-state index is 12.6. The van der Waals surface area contributed by atoms with Crippen LogP contribution in [0.1, 0.15) is 20.8 Å². The minimum Gasteiger partial charge on any atom is -0.486 e. The molecule has 0 radical (unpaired) electrons. The van der Waals surface area contributed by atoms with Crippen LogP contribution in [0, 0.1) is 6.92 Å². The van der Waals surface area contributed by atoms with Gasteiger partial charge < -0.3 is 14.8 Å². The standard InChI is InChI=1S/C20H17Cl2NO3S/c1-11-3-2-4-15-16(11)17(22)19(27-15)20(24)23-6-5-12-9-13(21)18-14(10-12)25-7-8-26-18/h2-4,9-10H,5-8H2,1H3,(H,23,24). The van der Waals surface area contributed by atoms with Crippen LogP contribution in [0.3, 0.4) is 0 Å². The minimum atomic E-state index is -0.163. The van der Waals surface area contributed by atoms with E-state index in [1.54, 1.807) is 0 Å². The maximum absolute atomic E-state index is 12.6. The second-order valence-corrected chi connectivity index (χ2v) is 8.14. The quantitative estimate of drug-likeness (QED) is 0.624. The minimum absolute atomic E-state index is 0.163. The van der Waals surface area contributed by atoms with Crippen molar-refractivity contribution in [3.63, 3.8) is 0 Å². The molecule has 2 aromatic carbocycles. The fourth-order valence-corrected chi connectivity index (χ4v) is 5.02. The molecule has 3 aromatic rings. The summed E-state index contributed by atoms with van der Waals surface area (Å²) in [7, 11) is 0. The molecule has 1 N–H and O–H groups in total. The van der Waals surface area contributed by atoms with Crippen LogP contribution >= 0.6 is 34.5 Å². The number of hydrogen-bond donors (Lipinski definition) is 1. The average molecular weight is 422 g/mol. The first-order chi connectivity index (χ1) is 13.0. The molecular weight excluding hydrogens is 405 g/mol. The van der Waals surface area contributed by atoms with Crippen LogP contribution in [0.2, 0.25) is 10.0 Å². The molecule has 0 aliphatic carbocycles. The summed E-state index contributed by atoms with van der Waals surface area (Å²) in [6.45, 7) is 3.47. The summed E-state index contributed by atoms with van der Waals surface area (Å²) in [5.41, 5.74) is 2.04. The summed E-state index contributed by atoms with van der Waals surface area (Å²) in [5.74, 6) is 1.07. The van der Waals surface area contributed by atoms with Gasteiger partial charge in [0, 0.05) is 16.6 Å². The molecule has 0 fully saturated rings. The van der Waals surface area contributed by atoms with Gasteiger partial charge in [-0.05, 0) is 42.7 Å². The first-order valence-electron chi connectivity index (χ1n) is 8.58. The third kappa shape index (κ3) is 3.59. The largest absolute Gasteiger partial charge is 0.486 e. The van der Waals surface area contributed by atoms with Crippen LogP contribution in [0.25, 0.3) is 10.1 Å². The zero-order chi connectivity index (χ0) is 19.0. The molecule has 1 amide bonds. The lowest BCUT2D eigenvalue weighted by Crippen LogP contribution is -2.25. The SMILES string of the molecule is Cc1cccc2sc(C(=O)NCCc3cc(Cl)c4c(c3)OCCO4)c(Cl)c12. The van der Waals surface area contributed by atoms with Crippen LogP contribution in [-0.4, -0.2) is 25.7 Å². The Bertz CT molecular complexity index is 1030. The van der Waals surface area contributed by atoms with E-state index < -0.39 is 0 Å². The number of carbonyl (C=O) groups excluding carboxylic acids is 1. The number of aryl methyl sites for hydroxylation is 1. The van der Waals surface area contributed by atoms with E-state index >= 15 is 0 Å². The van der Waals surface area contributed by atoms with Crippen LogP contribution in [0.5, 0.6) is 11.5 Å². The molecule has 0 saturated heterocycles. The highest BCUT2D eigenvalue weighted by atomic mass is 35.5. The van der Waals surface area contributed by atoms with Gasteiger partial charge >= 0.3 is 0 Å². The smallest absolute Gasteiger partial charge is 0.262 e. The van der Waals surface area contributed by atoms with Crippen molar-refractivity contribution in [1.82, 2.24) is 5.32 Å². The number of nitrogens with one attached hydrogen (secondary N) is 1. The van der Waals surface area contributed by atoms with Crippen LogP contribution in [0.15, 0.2) is 30.3 Å². The molecule has 4 rings (SSSR count). The molecule has 1 aliphatic heterocycles. The number of carbonyl (C=O) groups is 1. The Morgan fingerprint density at radius 2 is 2.04 bits per heavy atom. The molecule has 0 saturated carbocycles. The van der Waals surface area contributed by atoms with E-state index in [1.165, 1.54) is 11.3 Å². The van der Waals surface area contributed by atoms with Gasteiger partial charge in [-0.3, -0.25) is 4.79 Å². The van der Waals surface area contributed by atoms with E-state index in [0.717, 1.165) is 21.2 Å². The average Bonchev–Trinajstić information content (AvgIpc) is 3.00. The number of halogens is 2.